The summed E-state index contributed by atoms with van der Waals surface area (Å²) in [6.45, 7) is 2.47. The molecule has 1 aromatic heterocycles. The standard InChI is InChI=1S/C15H19N3O2/c1-12(18-19)9-13-4-6-15(7-5-13)20-8-2-3-14-10-16-11-17-14/h4-7,10-11,19H,2-3,8-9H2,1H3,(H,16,17). The van der Waals surface area contributed by atoms with Crippen LogP contribution in [0.5, 0.6) is 5.75 Å². The highest BCUT2D eigenvalue weighted by Gasteiger charge is 1.99. The molecule has 20 heavy (non-hydrogen) atoms. The molecular formula is C15H19N3O2. The van der Waals surface area contributed by atoms with Crippen LogP contribution in [0.4, 0.5) is 0 Å². The summed E-state index contributed by atoms with van der Waals surface area (Å²) in [5.41, 5.74) is 2.92. The molecule has 5 heteroatoms. The smallest absolute Gasteiger partial charge is 0.119 e. The second kappa shape index (κ2) is 7.33. The maximum Gasteiger partial charge on any atom is 0.119 e. The van der Waals surface area contributed by atoms with Crippen molar-refractivity contribution in [3.05, 3.63) is 48.0 Å². The van der Waals surface area contributed by atoms with E-state index in [1.807, 2.05) is 30.5 Å². The van der Waals surface area contributed by atoms with E-state index in [9.17, 15) is 0 Å². The summed E-state index contributed by atoms with van der Waals surface area (Å²) >= 11 is 0. The van der Waals surface area contributed by atoms with Crippen LogP contribution >= 0.6 is 0 Å². The van der Waals surface area contributed by atoms with Gasteiger partial charge in [0.05, 0.1) is 18.6 Å². The number of rotatable bonds is 7. The van der Waals surface area contributed by atoms with Gasteiger partial charge in [-0.1, -0.05) is 17.3 Å². The molecule has 2 N–H and O–H groups in total. The minimum absolute atomic E-state index is 0.649. The highest BCUT2D eigenvalue weighted by atomic mass is 16.5. The zero-order valence-corrected chi connectivity index (χ0v) is 11.5. The molecule has 0 aliphatic carbocycles. The molecule has 0 amide bonds. The van der Waals surface area contributed by atoms with Gasteiger partial charge in [0.2, 0.25) is 0 Å². The molecule has 0 atom stereocenters. The second-order valence-electron chi connectivity index (χ2n) is 4.68. The minimum atomic E-state index is 0.649. The molecule has 106 valence electrons. The number of aryl methyl sites for hydroxylation is 1. The van der Waals surface area contributed by atoms with Crippen molar-refractivity contribution >= 4 is 5.71 Å². The van der Waals surface area contributed by atoms with Crippen LogP contribution in [0.1, 0.15) is 24.6 Å². The van der Waals surface area contributed by atoms with Gasteiger partial charge in [0, 0.05) is 18.3 Å². The molecule has 0 fully saturated rings. The summed E-state index contributed by atoms with van der Waals surface area (Å²) in [5, 5.41) is 11.8. The molecule has 0 unspecified atom stereocenters. The van der Waals surface area contributed by atoms with Crippen molar-refractivity contribution < 1.29 is 9.94 Å². The Morgan fingerprint density at radius 2 is 2.15 bits per heavy atom. The molecule has 2 aromatic rings. The van der Waals surface area contributed by atoms with Crippen LogP contribution in [-0.4, -0.2) is 27.5 Å². The fourth-order valence-corrected chi connectivity index (χ4v) is 1.91. The van der Waals surface area contributed by atoms with Crippen LogP contribution in [0.2, 0.25) is 0 Å². The Bertz CT molecular complexity index is 533. The fourth-order valence-electron chi connectivity index (χ4n) is 1.91. The fraction of sp³-hybridized carbons (Fsp3) is 0.333. The van der Waals surface area contributed by atoms with Crippen molar-refractivity contribution in [2.45, 2.75) is 26.2 Å². The third kappa shape index (κ3) is 4.42. The first kappa shape index (κ1) is 14.1. The number of hydrogen-bond donors (Lipinski definition) is 2. The Morgan fingerprint density at radius 1 is 1.35 bits per heavy atom. The van der Waals surface area contributed by atoms with Crippen LogP contribution < -0.4 is 4.74 Å². The Kier molecular flexibility index (Phi) is 5.17. The monoisotopic (exact) mass is 273 g/mol. The van der Waals surface area contributed by atoms with Gasteiger partial charge in [-0.15, -0.1) is 0 Å². The van der Waals surface area contributed by atoms with Crippen LogP contribution in [0, 0.1) is 0 Å². The average molecular weight is 273 g/mol. The number of hydrogen-bond acceptors (Lipinski definition) is 4. The lowest BCUT2D eigenvalue weighted by molar-refractivity contribution is 0.310. The van der Waals surface area contributed by atoms with Crippen molar-refractivity contribution in [1.29, 1.82) is 0 Å². The SMILES string of the molecule is CC(Cc1ccc(OCCCc2cnc[nH]2)cc1)=NO. The molecule has 0 spiro atoms. The van der Waals surface area contributed by atoms with Gasteiger partial charge >= 0.3 is 0 Å². The van der Waals surface area contributed by atoms with Gasteiger partial charge in [0.15, 0.2) is 0 Å². The van der Waals surface area contributed by atoms with Crippen molar-refractivity contribution in [2.75, 3.05) is 6.61 Å². The molecule has 1 aromatic carbocycles. The Balaban J connectivity index is 1.73. The number of benzene rings is 1. The van der Waals surface area contributed by atoms with Gasteiger partial charge in [-0.25, -0.2) is 4.98 Å². The predicted molar refractivity (Wildman–Crippen MR) is 77.4 cm³/mol. The first-order valence-electron chi connectivity index (χ1n) is 6.64. The van der Waals surface area contributed by atoms with E-state index in [1.54, 1.807) is 13.3 Å². The van der Waals surface area contributed by atoms with E-state index < -0.39 is 0 Å². The molecule has 0 bridgehead atoms. The molecule has 5 nitrogen and oxygen atoms in total. The number of nitrogens with one attached hydrogen (secondary N) is 1. The number of H-pyrrole nitrogens is 1. The molecule has 0 aliphatic heterocycles. The number of ether oxygens (including phenoxy) is 1. The van der Waals surface area contributed by atoms with Gasteiger partial charge < -0.3 is 14.9 Å². The minimum Gasteiger partial charge on any atom is -0.494 e. The molecule has 1 heterocycles. The van der Waals surface area contributed by atoms with E-state index in [0.29, 0.717) is 18.7 Å². The molecule has 2 rings (SSSR count). The number of nitrogens with zero attached hydrogens (tertiary/aromatic N) is 2. The van der Waals surface area contributed by atoms with E-state index in [2.05, 4.69) is 15.1 Å². The van der Waals surface area contributed by atoms with Gasteiger partial charge in [0.1, 0.15) is 5.75 Å². The van der Waals surface area contributed by atoms with Crippen molar-refractivity contribution in [1.82, 2.24) is 9.97 Å². The summed E-state index contributed by atoms with van der Waals surface area (Å²) in [7, 11) is 0. The zero-order chi connectivity index (χ0) is 14.2. The number of aromatic nitrogens is 2. The molecule has 0 saturated carbocycles. The number of aromatic amines is 1. The van der Waals surface area contributed by atoms with Crippen LogP contribution in [0.3, 0.4) is 0 Å². The largest absolute Gasteiger partial charge is 0.494 e. The topological polar surface area (TPSA) is 70.5 Å². The van der Waals surface area contributed by atoms with Gasteiger partial charge in [0.25, 0.3) is 0 Å². The molecule has 0 aliphatic rings. The van der Waals surface area contributed by atoms with Gasteiger partial charge in [-0.2, -0.15) is 0 Å². The Labute approximate surface area is 118 Å². The lowest BCUT2D eigenvalue weighted by atomic mass is 10.1. The third-order valence-electron chi connectivity index (χ3n) is 2.97. The Morgan fingerprint density at radius 3 is 2.80 bits per heavy atom. The summed E-state index contributed by atoms with van der Waals surface area (Å²) in [6.07, 6.45) is 6.05. The lowest BCUT2D eigenvalue weighted by Gasteiger charge is -2.06. The second-order valence-corrected chi connectivity index (χ2v) is 4.68. The molecule has 0 radical (unpaired) electrons. The quantitative estimate of drug-likeness (QED) is 0.353. The summed E-state index contributed by atoms with van der Waals surface area (Å²) in [5.74, 6) is 0.858. The first-order valence-corrected chi connectivity index (χ1v) is 6.64. The normalized spacial score (nSPS) is 11.6. The Hall–Kier alpha value is -2.30. The third-order valence-corrected chi connectivity index (χ3v) is 2.97. The molecule has 0 saturated heterocycles. The van der Waals surface area contributed by atoms with E-state index in [0.717, 1.165) is 29.8 Å². The maximum atomic E-state index is 8.63. The predicted octanol–water partition coefficient (Wildman–Crippen LogP) is 2.81. The highest BCUT2D eigenvalue weighted by Crippen LogP contribution is 2.13. The van der Waals surface area contributed by atoms with E-state index in [-0.39, 0.29) is 0 Å². The van der Waals surface area contributed by atoms with Crippen molar-refractivity contribution in [3.8, 4) is 5.75 Å². The number of oxime groups is 1. The van der Waals surface area contributed by atoms with Crippen LogP contribution in [0.15, 0.2) is 41.9 Å². The van der Waals surface area contributed by atoms with E-state index >= 15 is 0 Å². The van der Waals surface area contributed by atoms with Crippen LogP contribution in [0.25, 0.3) is 0 Å². The van der Waals surface area contributed by atoms with E-state index in [4.69, 9.17) is 9.94 Å². The van der Waals surface area contributed by atoms with Crippen molar-refractivity contribution in [3.63, 3.8) is 0 Å². The highest BCUT2D eigenvalue weighted by molar-refractivity contribution is 5.83. The first-order chi connectivity index (χ1) is 9.78. The lowest BCUT2D eigenvalue weighted by Crippen LogP contribution is -2.00. The zero-order valence-electron chi connectivity index (χ0n) is 11.5. The summed E-state index contributed by atoms with van der Waals surface area (Å²) in [6, 6.07) is 7.85. The maximum absolute atomic E-state index is 8.63. The van der Waals surface area contributed by atoms with Crippen molar-refractivity contribution in [2.24, 2.45) is 5.16 Å². The van der Waals surface area contributed by atoms with Gasteiger partial charge in [-0.3, -0.25) is 0 Å². The molecular weight excluding hydrogens is 254 g/mol. The van der Waals surface area contributed by atoms with Gasteiger partial charge in [-0.05, 0) is 37.5 Å². The summed E-state index contributed by atoms with van der Waals surface area (Å²) < 4.78 is 5.68. The number of imidazole rings is 1. The average Bonchev–Trinajstić information content (AvgIpc) is 2.98. The van der Waals surface area contributed by atoms with Crippen LogP contribution in [-0.2, 0) is 12.8 Å². The van der Waals surface area contributed by atoms with E-state index in [1.165, 1.54) is 0 Å². The summed E-state index contributed by atoms with van der Waals surface area (Å²) in [4.78, 5) is 7.04.